The Labute approximate surface area is 125 Å². The standard InChI is InChI=1S/C18H20N2O/c1-14-5-7-15(8-6-14)18(21)16-9-12-20(13-10-16)17-4-2-3-11-19-17/h2-8,11,16H,9-10,12-13H2,1H3. The van der Waals surface area contributed by atoms with Gasteiger partial charge in [0.15, 0.2) is 5.78 Å². The number of pyridine rings is 1. The monoisotopic (exact) mass is 280 g/mol. The smallest absolute Gasteiger partial charge is 0.166 e. The highest BCUT2D eigenvalue weighted by Crippen LogP contribution is 2.24. The fourth-order valence-corrected chi connectivity index (χ4v) is 2.87. The van der Waals surface area contributed by atoms with Crippen LogP contribution < -0.4 is 4.90 Å². The zero-order valence-electron chi connectivity index (χ0n) is 12.3. The topological polar surface area (TPSA) is 33.2 Å². The number of nitrogens with zero attached hydrogens (tertiary/aromatic N) is 2. The first-order chi connectivity index (χ1) is 10.2. The van der Waals surface area contributed by atoms with E-state index in [0.717, 1.165) is 37.3 Å². The third-order valence-electron chi connectivity index (χ3n) is 4.18. The van der Waals surface area contributed by atoms with Crippen LogP contribution in [0.25, 0.3) is 0 Å². The molecule has 21 heavy (non-hydrogen) atoms. The minimum Gasteiger partial charge on any atom is -0.357 e. The summed E-state index contributed by atoms with van der Waals surface area (Å²) in [5.74, 6) is 1.45. The van der Waals surface area contributed by atoms with E-state index in [0.29, 0.717) is 0 Å². The molecular formula is C18H20N2O. The minimum absolute atomic E-state index is 0.146. The van der Waals surface area contributed by atoms with Crippen LogP contribution >= 0.6 is 0 Å². The van der Waals surface area contributed by atoms with Gasteiger partial charge in [0, 0.05) is 30.8 Å². The van der Waals surface area contributed by atoms with Crippen molar-refractivity contribution in [1.29, 1.82) is 0 Å². The molecule has 3 rings (SSSR count). The summed E-state index contributed by atoms with van der Waals surface area (Å²) < 4.78 is 0. The molecule has 108 valence electrons. The molecule has 1 aliphatic rings. The van der Waals surface area contributed by atoms with Gasteiger partial charge in [0.1, 0.15) is 5.82 Å². The molecule has 0 unspecified atom stereocenters. The molecule has 1 aromatic carbocycles. The van der Waals surface area contributed by atoms with Crippen LogP contribution in [0.5, 0.6) is 0 Å². The van der Waals surface area contributed by atoms with Gasteiger partial charge in [0.2, 0.25) is 0 Å². The second-order valence-electron chi connectivity index (χ2n) is 5.68. The fraction of sp³-hybridized carbons (Fsp3) is 0.333. The van der Waals surface area contributed by atoms with Gasteiger partial charge in [-0.2, -0.15) is 0 Å². The minimum atomic E-state index is 0.146. The number of anilines is 1. The highest BCUT2D eigenvalue weighted by molar-refractivity contribution is 5.98. The van der Waals surface area contributed by atoms with E-state index >= 15 is 0 Å². The Bertz CT molecular complexity index is 599. The lowest BCUT2D eigenvalue weighted by atomic mass is 9.88. The number of benzene rings is 1. The van der Waals surface area contributed by atoms with Crippen LogP contribution in [-0.4, -0.2) is 23.9 Å². The van der Waals surface area contributed by atoms with Crippen molar-refractivity contribution >= 4 is 11.6 Å². The maximum Gasteiger partial charge on any atom is 0.166 e. The molecule has 1 fully saturated rings. The zero-order valence-corrected chi connectivity index (χ0v) is 12.3. The number of hydrogen-bond acceptors (Lipinski definition) is 3. The average molecular weight is 280 g/mol. The van der Waals surface area contributed by atoms with Gasteiger partial charge in [0.25, 0.3) is 0 Å². The number of hydrogen-bond donors (Lipinski definition) is 0. The molecule has 1 aromatic heterocycles. The summed E-state index contributed by atoms with van der Waals surface area (Å²) in [5.41, 5.74) is 2.04. The Morgan fingerprint density at radius 2 is 1.81 bits per heavy atom. The largest absolute Gasteiger partial charge is 0.357 e. The van der Waals surface area contributed by atoms with Gasteiger partial charge in [0.05, 0.1) is 0 Å². The Morgan fingerprint density at radius 3 is 2.43 bits per heavy atom. The first kappa shape index (κ1) is 13.8. The van der Waals surface area contributed by atoms with E-state index in [1.807, 2.05) is 55.6 Å². The molecular weight excluding hydrogens is 260 g/mol. The number of rotatable bonds is 3. The SMILES string of the molecule is Cc1ccc(C(=O)C2CCN(c3ccccn3)CC2)cc1. The Balaban J connectivity index is 1.63. The summed E-state index contributed by atoms with van der Waals surface area (Å²) in [5, 5.41) is 0. The van der Waals surface area contributed by atoms with E-state index in [1.165, 1.54) is 5.56 Å². The number of carbonyl (C=O) groups is 1. The highest BCUT2D eigenvalue weighted by atomic mass is 16.1. The number of aromatic nitrogens is 1. The van der Waals surface area contributed by atoms with Crippen molar-refractivity contribution in [3.05, 3.63) is 59.8 Å². The molecule has 3 heteroatoms. The second-order valence-corrected chi connectivity index (χ2v) is 5.68. The van der Waals surface area contributed by atoms with Crippen molar-refractivity contribution < 1.29 is 4.79 Å². The second kappa shape index (κ2) is 6.08. The molecule has 1 saturated heterocycles. The van der Waals surface area contributed by atoms with Gasteiger partial charge in [-0.05, 0) is 31.9 Å². The molecule has 0 spiro atoms. The maximum atomic E-state index is 12.5. The van der Waals surface area contributed by atoms with E-state index in [9.17, 15) is 4.79 Å². The summed E-state index contributed by atoms with van der Waals surface area (Å²) in [7, 11) is 0. The molecule has 0 atom stereocenters. The first-order valence-corrected chi connectivity index (χ1v) is 7.51. The number of piperidine rings is 1. The summed E-state index contributed by atoms with van der Waals surface area (Å²) in [6.45, 7) is 3.85. The third-order valence-corrected chi connectivity index (χ3v) is 4.18. The van der Waals surface area contributed by atoms with Gasteiger partial charge < -0.3 is 4.90 Å². The number of Topliss-reactive ketones (excluding diaryl/α,β-unsaturated/α-hetero) is 1. The van der Waals surface area contributed by atoms with E-state index < -0.39 is 0 Å². The van der Waals surface area contributed by atoms with E-state index in [4.69, 9.17) is 0 Å². The predicted molar refractivity (Wildman–Crippen MR) is 84.7 cm³/mol. The molecule has 0 aliphatic carbocycles. The number of aryl methyl sites for hydroxylation is 1. The van der Waals surface area contributed by atoms with E-state index in [-0.39, 0.29) is 11.7 Å². The van der Waals surface area contributed by atoms with Crippen LogP contribution in [-0.2, 0) is 0 Å². The number of carbonyl (C=O) groups excluding carboxylic acids is 1. The van der Waals surface area contributed by atoms with Gasteiger partial charge >= 0.3 is 0 Å². The maximum absolute atomic E-state index is 12.5. The molecule has 0 radical (unpaired) electrons. The predicted octanol–water partition coefficient (Wildman–Crippen LogP) is 3.49. The van der Waals surface area contributed by atoms with Crippen molar-refractivity contribution in [2.75, 3.05) is 18.0 Å². The van der Waals surface area contributed by atoms with Crippen LogP contribution in [0.15, 0.2) is 48.7 Å². The fourth-order valence-electron chi connectivity index (χ4n) is 2.87. The molecule has 0 amide bonds. The summed E-state index contributed by atoms with van der Waals surface area (Å²) in [6.07, 6.45) is 3.63. The van der Waals surface area contributed by atoms with Crippen LogP contribution in [0.4, 0.5) is 5.82 Å². The molecule has 0 saturated carbocycles. The quantitative estimate of drug-likeness (QED) is 0.807. The third kappa shape index (κ3) is 3.13. The van der Waals surface area contributed by atoms with Gasteiger partial charge in [-0.3, -0.25) is 4.79 Å². The molecule has 1 aliphatic heterocycles. The van der Waals surface area contributed by atoms with Crippen LogP contribution in [0.3, 0.4) is 0 Å². The molecule has 2 aromatic rings. The molecule has 0 N–H and O–H groups in total. The normalized spacial score (nSPS) is 16.0. The molecule has 0 bridgehead atoms. The zero-order chi connectivity index (χ0) is 14.7. The Hall–Kier alpha value is -2.16. The molecule has 3 nitrogen and oxygen atoms in total. The van der Waals surface area contributed by atoms with E-state index in [1.54, 1.807) is 0 Å². The van der Waals surface area contributed by atoms with E-state index in [2.05, 4.69) is 9.88 Å². The highest BCUT2D eigenvalue weighted by Gasteiger charge is 2.26. The Morgan fingerprint density at radius 1 is 1.10 bits per heavy atom. The van der Waals surface area contributed by atoms with Crippen molar-refractivity contribution in [3.8, 4) is 0 Å². The lowest BCUT2D eigenvalue weighted by Gasteiger charge is -2.32. The summed E-state index contributed by atoms with van der Waals surface area (Å²) in [4.78, 5) is 19.2. The van der Waals surface area contributed by atoms with Crippen molar-refractivity contribution in [1.82, 2.24) is 4.98 Å². The van der Waals surface area contributed by atoms with Crippen LogP contribution in [0.2, 0.25) is 0 Å². The van der Waals surface area contributed by atoms with Gasteiger partial charge in [-0.1, -0.05) is 35.9 Å². The lowest BCUT2D eigenvalue weighted by Crippen LogP contribution is -2.36. The van der Waals surface area contributed by atoms with Gasteiger partial charge in [-0.25, -0.2) is 4.98 Å². The van der Waals surface area contributed by atoms with Crippen molar-refractivity contribution in [2.24, 2.45) is 5.92 Å². The summed E-state index contributed by atoms with van der Waals surface area (Å²) in [6, 6.07) is 13.9. The van der Waals surface area contributed by atoms with Crippen molar-refractivity contribution in [2.45, 2.75) is 19.8 Å². The Kier molecular flexibility index (Phi) is 4.00. The first-order valence-electron chi connectivity index (χ1n) is 7.51. The molecule has 2 heterocycles. The number of ketones is 1. The van der Waals surface area contributed by atoms with Crippen molar-refractivity contribution in [3.63, 3.8) is 0 Å². The van der Waals surface area contributed by atoms with Crippen LogP contribution in [0.1, 0.15) is 28.8 Å². The lowest BCUT2D eigenvalue weighted by molar-refractivity contribution is 0.0900. The van der Waals surface area contributed by atoms with Gasteiger partial charge in [-0.15, -0.1) is 0 Å². The summed E-state index contributed by atoms with van der Waals surface area (Å²) >= 11 is 0. The van der Waals surface area contributed by atoms with Crippen LogP contribution in [0, 0.1) is 12.8 Å². The average Bonchev–Trinajstić information content (AvgIpc) is 2.56.